The van der Waals surface area contributed by atoms with Gasteiger partial charge in [0.2, 0.25) is 0 Å². The number of nitriles is 1. The highest BCUT2D eigenvalue weighted by Crippen LogP contribution is 2.73. The molecule has 192 valence electrons. The number of Topliss-reactive ketones (excluding diaryl/α,β-unsaturated/α-hetero) is 1. The van der Waals surface area contributed by atoms with E-state index in [-0.39, 0.29) is 34.5 Å². The molecule has 8 atom stereocenters. The number of hydrogen-bond donors (Lipinski definition) is 1. The van der Waals surface area contributed by atoms with Crippen molar-refractivity contribution in [3.05, 3.63) is 18.0 Å². The normalized spacial score (nSPS) is 44.7. The molecule has 0 amide bonds. The van der Waals surface area contributed by atoms with Crippen LogP contribution in [-0.4, -0.2) is 39.5 Å². The van der Waals surface area contributed by atoms with Gasteiger partial charge in [-0.1, -0.05) is 13.8 Å². The predicted molar refractivity (Wildman–Crippen MR) is 133 cm³/mol. The molecule has 6 heteroatoms. The molecular formula is C29H43N3O3. The number of aromatic nitrogens is 2. The molecule has 4 saturated carbocycles. The first-order chi connectivity index (χ1) is 16.6. The maximum atomic E-state index is 13.6. The number of ketones is 1. The molecule has 5 rings (SSSR count). The topological polar surface area (TPSA) is 88.1 Å². The van der Waals surface area contributed by atoms with Crippen LogP contribution in [0, 0.1) is 51.2 Å². The van der Waals surface area contributed by atoms with Crippen LogP contribution in [0.2, 0.25) is 0 Å². The highest BCUT2D eigenvalue weighted by atomic mass is 16.5. The molecule has 1 aromatic rings. The highest BCUT2D eigenvalue weighted by Gasteiger charge is 2.67. The molecule has 4 aliphatic carbocycles. The van der Waals surface area contributed by atoms with Crippen molar-refractivity contribution in [1.82, 2.24) is 9.78 Å². The molecule has 0 radical (unpaired) electrons. The Bertz CT molecular complexity index is 1010. The molecule has 1 heterocycles. The lowest BCUT2D eigenvalue weighted by atomic mass is 9.40. The van der Waals surface area contributed by atoms with Crippen molar-refractivity contribution in [3.63, 3.8) is 0 Å². The molecule has 4 fully saturated rings. The number of carbonyl (C=O) groups excluding carboxylic acids is 1. The van der Waals surface area contributed by atoms with E-state index in [0.717, 1.165) is 58.2 Å². The maximum absolute atomic E-state index is 13.6. The second-order valence-electron chi connectivity index (χ2n) is 13.0. The summed E-state index contributed by atoms with van der Waals surface area (Å²) in [7, 11) is 0. The Hall–Kier alpha value is -1.71. The van der Waals surface area contributed by atoms with Gasteiger partial charge >= 0.3 is 0 Å². The van der Waals surface area contributed by atoms with Crippen molar-refractivity contribution in [1.29, 1.82) is 5.26 Å². The summed E-state index contributed by atoms with van der Waals surface area (Å²) >= 11 is 0. The van der Waals surface area contributed by atoms with E-state index in [0.29, 0.717) is 23.3 Å². The minimum Gasteiger partial charge on any atom is -0.390 e. The SMILES string of the molecule is CCOC[C@]12CC[C@@](C)(O)C[C@@H]1CC[C@@H]1[C@@H]2CC[C@]2(C)[C@@H](C(=O)Cn3cc(C#N)cn3)CC[C@@]12C. The lowest BCUT2D eigenvalue weighted by Crippen LogP contribution is -2.61. The zero-order valence-electron chi connectivity index (χ0n) is 22.1. The van der Waals surface area contributed by atoms with Crippen molar-refractivity contribution in [3.8, 4) is 6.07 Å². The van der Waals surface area contributed by atoms with Crippen LogP contribution < -0.4 is 0 Å². The monoisotopic (exact) mass is 481 g/mol. The van der Waals surface area contributed by atoms with Gasteiger partial charge in [-0.3, -0.25) is 9.48 Å². The van der Waals surface area contributed by atoms with Crippen LogP contribution in [0.3, 0.4) is 0 Å². The standard InChI is InChI=1S/C29H43N3O3/c1-5-35-19-29-13-12-26(2,34)14-21(29)6-7-22-23(29)8-10-28(4)24(9-11-27(22,28)3)25(33)18-32-17-20(15-30)16-31-32/h16-17,21-24,34H,5-14,18-19H2,1-4H3/t21-,22+,23-,24+,26+,27-,28+,29+/m0/s1. The second kappa shape index (κ2) is 8.70. The number of hydrogen-bond acceptors (Lipinski definition) is 5. The Balaban J connectivity index is 1.41. The molecule has 4 aliphatic rings. The van der Waals surface area contributed by atoms with E-state index in [1.807, 2.05) is 6.92 Å². The fourth-order valence-electron chi connectivity index (χ4n) is 9.51. The third kappa shape index (κ3) is 3.80. The van der Waals surface area contributed by atoms with Gasteiger partial charge in [0.15, 0.2) is 5.78 Å². The van der Waals surface area contributed by atoms with Gasteiger partial charge in [-0.05, 0) is 106 Å². The summed E-state index contributed by atoms with van der Waals surface area (Å²) in [6, 6.07) is 2.11. The smallest absolute Gasteiger partial charge is 0.157 e. The molecule has 0 saturated heterocycles. The summed E-state index contributed by atoms with van der Waals surface area (Å²) < 4.78 is 7.83. The lowest BCUT2D eigenvalue weighted by molar-refractivity contribution is -0.199. The van der Waals surface area contributed by atoms with Crippen LogP contribution in [0.5, 0.6) is 0 Å². The molecule has 0 aromatic carbocycles. The number of rotatable bonds is 6. The molecule has 0 spiro atoms. The van der Waals surface area contributed by atoms with Crippen molar-refractivity contribution in [2.75, 3.05) is 13.2 Å². The summed E-state index contributed by atoms with van der Waals surface area (Å²) in [5, 5.41) is 24.3. The minimum absolute atomic E-state index is 0.00371. The molecule has 1 N–H and O–H groups in total. The molecule has 0 aliphatic heterocycles. The average Bonchev–Trinajstić information content (AvgIpc) is 3.38. The number of nitrogens with zero attached hydrogens (tertiary/aromatic N) is 3. The van der Waals surface area contributed by atoms with Gasteiger partial charge in [-0.2, -0.15) is 10.4 Å². The van der Waals surface area contributed by atoms with Gasteiger partial charge < -0.3 is 9.84 Å². The van der Waals surface area contributed by atoms with Gasteiger partial charge in [0.05, 0.1) is 30.5 Å². The van der Waals surface area contributed by atoms with Crippen LogP contribution in [-0.2, 0) is 16.1 Å². The Labute approximate surface area is 210 Å². The largest absolute Gasteiger partial charge is 0.390 e. The summed E-state index contributed by atoms with van der Waals surface area (Å²) in [5.74, 6) is 2.07. The van der Waals surface area contributed by atoms with Crippen molar-refractivity contribution < 1.29 is 14.6 Å². The lowest BCUT2D eigenvalue weighted by Gasteiger charge is -2.65. The molecule has 35 heavy (non-hydrogen) atoms. The summed E-state index contributed by atoms with van der Waals surface area (Å²) in [5.41, 5.74) is 0.251. The van der Waals surface area contributed by atoms with Crippen molar-refractivity contribution >= 4 is 5.78 Å². The van der Waals surface area contributed by atoms with Crippen molar-refractivity contribution in [2.24, 2.45) is 39.9 Å². The van der Waals surface area contributed by atoms with E-state index in [2.05, 4.69) is 31.9 Å². The van der Waals surface area contributed by atoms with Crippen LogP contribution in [0.15, 0.2) is 12.4 Å². The first-order valence-corrected chi connectivity index (χ1v) is 13.8. The Morgan fingerprint density at radius 2 is 1.91 bits per heavy atom. The quantitative estimate of drug-likeness (QED) is 0.608. The van der Waals surface area contributed by atoms with Crippen LogP contribution >= 0.6 is 0 Å². The fourth-order valence-corrected chi connectivity index (χ4v) is 9.51. The van der Waals surface area contributed by atoms with Crippen molar-refractivity contribution in [2.45, 2.75) is 97.6 Å². The number of carbonyl (C=O) groups is 1. The van der Waals surface area contributed by atoms with Crippen LogP contribution in [0.4, 0.5) is 0 Å². The average molecular weight is 482 g/mol. The zero-order valence-corrected chi connectivity index (χ0v) is 22.1. The second-order valence-corrected chi connectivity index (χ2v) is 13.0. The van der Waals surface area contributed by atoms with E-state index in [1.54, 1.807) is 10.9 Å². The fraction of sp³-hybridized carbons (Fsp3) is 0.828. The molecule has 6 nitrogen and oxygen atoms in total. The Morgan fingerprint density at radius 3 is 2.63 bits per heavy atom. The zero-order chi connectivity index (χ0) is 25.1. The number of aliphatic hydroxyl groups is 1. The third-order valence-electron chi connectivity index (χ3n) is 11.5. The molecule has 1 aromatic heterocycles. The van der Waals surface area contributed by atoms with Crippen LogP contribution in [0.25, 0.3) is 0 Å². The van der Waals surface area contributed by atoms with Gasteiger partial charge in [-0.15, -0.1) is 0 Å². The highest BCUT2D eigenvalue weighted by molar-refractivity contribution is 5.82. The summed E-state index contributed by atoms with van der Waals surface area (Å²) in [6.45, 7) is 10.8. The van der Waals surface area contributed by atoms with E-state index in [9.17, 15) is 9.90 Å². The Kier molecular flexibility index (Phi) is 6.20. The van der Waals surface area contributed by atoms with Gasteiger partial charge in [0.1, 0.15) is 6.07 Å². The van der Waals surface area contributed by atoms with E-state index in [1.165, 1.54) is 19.0 Å². The number of fused-ring (bicyclic) bond motifs is 5. The first-order valence-electron chi connectivity index (χ1n) is 13.8. The van der Waals surface area contributed by atoms with E-state index >= 15 is 0 Å². The van der Waals surface area contributed by atoms with Gasteiger partial charge in [-0.25, -0.2) is 0 Å². The van der Waals surface area contributed by atoms with E-state index < -0.39 is 5.60 Å². The maximum Gasteiger partial charge on any atom is 0.157 e. The molecule has 0 bridgehead atoms. The van der Waals surface area contributed by atoms with Gasteiger partial charge in [0.25, 0.3) is 0 Å². The first kappa shape index (κ1) is 25.0. The molecule has 0 unspecified atom stereocenters. The predicted octanol–water partition coefficient (Wildman–Crippen LogP) is 5.14. The molecular weight excluding hydrogens is 438 g/mol. The number of ether oxygens (including phenoxy) is 1. The van der Waals surface area contributed by atoms with Gasteiger partial charge in [0, 0.05) is 18.7 Å². The van der Waals surface area contributed by atoms with E-state index in [4.69, 9.17) is 10.00 Å². The minimum atomic E-state index is -0.552. The summed E-state index contributed by atoms with van der Waals surface area (Å²) in [6.07, 6.45) is 12.7. The summed E-state index contributed by atoms with van der Waals surface area (Å²) in [4.78, 5) is 13.6. The Morgan fingerprint density at radius 1 is 1.14 bits per heavy atom. The third-order valence-corrected chi connectivity index (χ3v) is 11.5. The van der Waals surface area contributed by atoms with Crippen LogP contribution in [0.1, 0.15) is 91.0 Å².